The molecule has 5 heteroatoms. The van der Waals surface area contributed by atoms with E-state index in [0.29, 0.717) is 34.7 Å². The lowest BCUT2D eigenvalue weighted by atomic mass is 9.85. The number of halogens is 2. The highest BCUT2D eigenvalue weighted by Gasteiger charge is 2.21. The van der Waals surface area contributed by atoms with Crippen LogP contribution in [0.25, 0.3) is 11.0 Å². The van der Waals surface area contributed by atoms with E-state index in [4.69, 9.17) is 17.3 Å². The van der Waals surface area contributed by atoms with Gasteiger partial charge in [0.25, 0.3) is 0 Å². The first-order valence-corrected chi connectivity index (χ1v) is 7.29. The van der Waals surface area contributed by atoms with Gasteiger partial charge in [-0.25, -0.2) is 9.37 Å². The van der Waals surface area contributed by atoms with Crippen LogP contribution in [-0.2, 0) is 6.54 Å². The molecule has 20 heavy (non-hydrogen) atoms. The zero-order chi connectivity index (χ0) is 15.0. The fourth-order valence-electron chi connectivity index (χ4n) is 2.73. The summed E-state index contributed by atoms with van der Waals surface area (Å²) in [4.78, 5) is 4.28. The quantitative estimate of drug-likeness (QED) is 0.912. The Morgan fingerprint density at radius 1 is 1.25 bits per heavy atom. The molecular weight excluding hydrogens is 277 g/mol. The third-order valence-corrected chi connectivity index (χ3v) is 4.22. The van der Waals surface area contributed by atoms with Crippen molar-refractivity contribution in [3.8, 4) is 0 Å². The molecule has 0 atom stereocenters. The SMILES string of the molecule is CC(C)C(Cn1c(N)nc2cc(Cl)c(F)cc21)C(C)C. The summed E-state index contributed by atoms with van der Waals surface area (Å²) >= 11 is 5.79. The Balaban J connectivity index is 2.48. The Morgan fingerprint density at radius 3 is 2.40 bits per heavy atom. The molecule has 2 N–H and O–H groups in total. The molecule has 2 aromatic rings. The van der Waals surface area contributed by atoms with E-state index >= 15 is 0 Å². The van der Waals surface area contributed by atoms with Gasteiger partial charge in [-0.1, -0.05) is 39.3 Å². The van der Waals surface area contributed by atoms with Crippen molar-refractivity contribution in [3.05, 3.63) is 23.0 Å². The molecule has 3 nitrogen and oxygen atoms in total. The minimum atomic E-state index is -0.439. The van der Waals surface area contributed by atoms with E-state index in [9.17, 15) is 4.39 Å². The van der Waals surface area contributed by atoms with E-state index in [1.807, 2.05) is 4.57 Å². The Morgan fingerprint density at radius 2 is 1.85 bits per heavy atom. The van der Waals surface area contributed by atoms with E-state index < -0.39 is 5.82 Å². The second-order valence-electron chi connectivity index (χ2n) is 5.99. The van der Waals surface area contributed by atoms with Crippen LogP contribution in [0.15, 0.2) is 12.1 Å². The second-order valence-corrected chi connectivity index (χ2v) is 6.39. The van der Waals surface area contributed by atoms with Crippen molar-refractivity contribution in [1.82, 2.24) is 9.55 Å². The minimum Gasteiger partial charge on any atom is -0.369 e. The molecule has 2 rings (SSSR count). The van der Waals surface area contributed by atoms with Crippen molar-refractivity contribution in [1.29, 1.82) is 0 Å². The van der Waals surface area contributed by atoms with Gasteiger partial charge < -0.3 is 10.3 Å². The number of nitrogens with zero attached hydrogens (tertiary/aromatic N) is 2. The Labute approximate surface area is 123 Å². The van der Waals surface area contributed by atoms with Gasteiger partial charge in [-0.05, 0) is 23.8 Å². The molecule has 0 saturated carbocycles. The van der Waals surface area contributed by atoms with Gasteiger partial charge in [0.2, 0.25) is 5.95 Å². The lowest BCUT2D eigenvalue weighted by Crippen LogP contribution is -2.22. The van der Waals surface area contributed by atoms with Gasteiger partial charge in [0.05, 0.1) is 16.1 Å². The average Bonchev–Trinajstić information content (AvgIpc) is 2.61. The number of anilines is 1. The van der Waals surface area contributed by atoms with Crippen LogP contribution in [0.4, 0.5) is 10.3 Å². The Kier molecular flexibility index (Phi) is 4.23. The first-order chi connectivity index (χ1) is 9.31. The maximum atomic E-state index is 13.7. The first-order valence-electron chi connectivity index (χ1n) is 6.92. The molecule has 0 aliphatic rings. The number of nitrogen functional groups attached to an aromatic ring is 1. The summed E-state index contributed by atoms with van der Waals surface area (Å²) in [6.07, 6.45) is 0. The third kappa shape index (κ3) is 2.75. The molecule has 0 saturated heterocycles. The summed E-state index contributed by atoms with van der Waals surface area (Å²) in [6, 6.07) is 2.94. The summed E-state index contributed by atoms with van der Waals surface area (Å²) in [6.45, 7) is 9.50. The van der Waals surface area contributed by atoms with Crippen LogP contribution in [0, 0.1) is 23.6 Å². The lowest BCUT2D eigenvalue weighted by Gasteiger charge is -2.26. The van der Waals surface area contributed by atoms with Crippen LogP contribution in [0.3, 0.4) is 0 Å². The van der Waals surface area contributed by atoms with Crippen LogP contribution in [-0.4, -0.2) is 9.55 Å². The summed E-state index contributed by atoms with van der Waals surface area (Å²) in [5.74, 6) is 1.46. The Hall–Kier alpha value is -1.29. The average molecular weight is 298 g/mol. The summed E-state index contributed by atoms with van der Waals surface area (Å²) in [7, 11) is 0. The largest absolute Gasteiger partial charge is 0.369 e. The molecule has 0 aliphatic carbocycles. The first kappa shape index (κ1) is 15.1. The molecule has 1 aromatic carbocycles. The standard InChI is InChI=1S/C15H21ClFN3/c1-8(2)10(9(3)4)7-20-14-6-12(17)11(16)5-13(14)19-15(20)18/h5-6,8-10H,7H2,1-4H3,(H2,18,19). The van der Waals surface area contributed by atoms with E-state index in [1.54, 1.807) is 0 Å². The van der Waals surface area contributed by atoms with Gasteiger partial charge in [0.15, 0.2) is 0 Å². The number of rotatable bonds is 4. The summed E-state index contributed by atoms with van der Waals surface area (Å²) < 4.78 is 15.6. The van der Waals surface area contributed by atoms with Crippen molar-refractivity contribution in [2.75, 3.05) is 5.73 Å². The van der Waals surface area contributed by atoms with Crippen LogP contribution >= 0.6 is 11.6 Å². The van der Waals surface area contributed by atoms with Gasteiger partial charge in [-0.2, -0.15) is 0 Å². The number of nitrogens with two attached hydrogens (primary N) is 1. The zero-order valence-corrected chi connectivity index (χ0v) is 13.1. The predicted molar refractivity (Wildman–Crippen MR) is 82.3 cm³/mol. The second kappa shape index (κ2) is 5.60. The predicted octanol–water partition coefficient (Wildman–Crippen LogP) is 4.34. The van der Waals surface area contributed by atoms with Gasteiger partial charge in [0.1, 0.15) is 5.82 Å². The molecule has 0 aliphatic heterocycles. The van der Waals surface area contributed by atoms with Crippen molar-refractivity contribution >= 4 is 28.6 Å². The van der Waals surface area contributed by atoms with Crippen molar-refractivity contribution in [2.45, 2.75) is 34.2 Å². The molecule has 0 unspecified atom stereocenters. The van der Waals surface area contributed by atoms with Gasteiger partial charge in [-0.15, -0.1) is 0 Å². The van der Waals surface area contributed by atoms with Crippen LogP contribution in [0.1, 0.15) is 27.7 Å². The van der Waals surface area contributed by atoms with Crippen molar-refractivity contribution in [3.63, 3.8) is 0 Å². The highest BCUT2D eigenvalue weighted by atomic mass is 35.5. The van der Waals surface area contributed by atoms with Crippen LogP contribution < -0.4 is 5.73 Å². The molecule has 0 amide bonds. The van der Waals surface area contributed by atoms with Crippen LogP contribution in [0.5, 0.6) is 0 Å². The normalized spacial score (nSPS) is 12.2. The van der Waals surface area contributed by atoms with Crippen LogP contribution in [0.2, 0.25) is 5.02 Å². The number of fused-ring (bicyclic) bond motifs is 1. The summed E-state index contributed by atoms with van der Waals surface area (Å²) in [5, 5.41) is 0.0754. The third-order valence-electron chi connectivity index (χ3n) is 3.93. The molecule has 0 spiro atoms. The smallest absolute Gasteiger partial charge is 0.201 e. The van der Waals surface area contributed by atoms with Gasteiger partial charge >= 0.3 is 0 Å². The number of hydrogen-bond acceptors (Lipinski definition) is 2. The minimum absolute atomic E-state index is 0.0754. The monoisotopic (exact) mass is 297 g/mol. The zero-order valence-electron chi connectivity index (χ0n) is 12.3. The van der Waals surface area contributed by atoms with E-state index in [1.165, 1.54) is 12.1 Å². The molecule has 0 radical (unpaired) electrons. The number of aromatic nitrogens is 2. The molecule has 0 fully saturated rings. The molecule has 1 aromatic heterocycles. The van der Waals surface area contributed by atoms with E-state index in [2.05, 4.69) is 32.7 Å². The highest BCUT2D eigenvalue weighted by molar-refractivity contribution is 6.31. The van der Waals surface area contributed by atoms with Crippen molar-refractivity contribution < 1.29 is 4.39 Å². The van der Waals surface area contributed by atoms with E-state index in [-0.39, 0.29) is 5.02 Å². The maximum Gasteiger partial charge on any atom is 0.201 e. The molecule has 1 heterocycles. The lowest BCUT2D eigenvalue weighted by molar-refractivity contribution is 0.255. The molecule has 0 bridgehead atoms. The number of hydrogen-bond donors (Lipinski definition) is 1. The fourth-order valence-corrected chi connectivity index (χ4v) is 2.89. The Bertz CT molecular complexity index is 611. The summed E-state index contributed by atoms with van der Waals surface area (Å²) in [5.41, 5.74) is 7.33. The maximum absolute atomic E-state index is 13.7. The molecular formula is C15H21ClFN3. The topological polar surface area (TPSA) is 43.8 Å². The number of imidazole rings is 1. The van der Waals surface area contributed by atoms with Gasteiger partial charge in [-0.3, -0.25) is 0 Å². The highest BCUT2D eigenvalue weighted by Crippen LogP contribution is 2.29. The van der Waals surface area contributed by atoms with Crippen molar-refractivity contribution in [2.24, 2.45) is 17.8 Å². The fraction of sp³-hybridized carbons (Fsp3) is 0.533. The number of benzene rings is 1. The van der Waals surface area contributed by atoms with E-state index in [0.717, 1.165) is 6.54 Å². The molecule has 110 valence electrons. The van der Waals surface area contributed by atoms with Gasteiger partial charge in [0, 0.05) is 12.6 Å².